The lowest BCUT2D eigenvalue weighted by atomic mass is 10.8. The second kappa shape index (κ2) is 16.3. The van der Waals surface area contributed by atoms with Gasteiger partial charge in [0.1, 0.15) is 0 Å². The maximum atomic E-state index is 5.42. The van der Waals surface area contributed by atoms with E-state index < -0.39 is 0 Å². The van der Waals surface area contributed by atoms with Gasteiger partial charge in [0, 0.05) is 59.1 Å². The summed E-state index contributed by atoms with van der Waals surface area (Å²) in [5, 5.41) is 0. The van der Waals surface area contributed by atoms with Crippen molar-refractivity contribution < 1.29 is 0 Å². The van der Waals surface area contributed by atoms with Crippen LogP contribution < -0.4 is 11.5 Å². The highest BCUT2D eigenvalue weighted by Gasteiger charge is 1.93. The van der Waals surface area contributed by atoms with Gasteiger partial charge in [-0.05, 0) is 0 Å². The maximum Gasteiger partial charge on any atom is 0.00561 e. The van der Waals surface area contributed by atoms with E-state index in [-0.39, 0.29) is 0 Å². The number of rotatable bonds is 13. The molecule has 0 fully saturated rings. The SMILES string of the molecule is NCCSCCSCCSCCSCCN. The van der Waals surface area contributed by atoms with Gasteiger partial charge in [0.15, 0.2) is 0 Å². The first kappa shape index (κ1) is 17.3. The molecule has 0 aliphatic heterocycles. The van der Waals surface area contributed by atoms with Gasteiger partial charge in [0.2, 0.25) is 0 Å². The standard InChI is InChI=1S/C10H24N2S4/c11-1-3-13-5-7-15-9-10-16-8-6-14-4-2-12/h1-12H2. The first-order chi connectivity index (χ1) is 7.91. The second-order valence-corrected chi connectivity index (χ2v) is 7.93. The Morgan fingerprint density at radius 1 is 0.438 bits per heavy atom. The highest BCUT2D eigenvalue weighted by Crippen LogP contribution is 2.11. The third kappa shape index (κ3) is 15.3. The van der Waals surface area contributed by atoms with Gasteiger partial charge in [0.05, 0.1) is 0 Å². The summed E-state index contributed by atoms with van der Waals surface area (Å²) in [5.74, 6) is 9.82. The summed E-state index contributed by atoms with van der Waals surface area (Å²) in [6.07, 6.45) is 0. The largest absolute Gasteiger partial charge is 0.330 e. The zero-order valence-electron chi connectivity index (χ0n) is 9.86. The van der Waals surface area contributed by atoms with Gasteiger partial charge in [0.25, 0.3) is 0 Å². The van der Waals surface area contributed by atoms with E-state index in [0.29, 0.717) is 0 Å². The Labute approximate surface area is 117 Å². The molecule has 0 aromatic rings. The van der Waals surface area contributed by atoms with Crippen LogP contribution in [0, 0.1) is 0 Å². The molecule has 16 heavy (non-hydrogen) atoms. The minimum Gasteiger partial charge on any atom is -0.330 e. The van der Waals surface area contributed by atoms with Crippen LogP contribution in [0.5, 0.6) is 0 Å². The molecule has 0 aromatic carbocycles. The Morgan fingerprint density at radius 2 is 0.688 bits per heavy atom. The van der Waals surface area contributed by atoms with E-state index in [2.05, 4.69) is 23.5 Å². The summed E-state index contributed by atoms with van der Waals surface area (Å²) in [6, 6.07) is 0. The topological polar surface area (TPSA) is 52.0 Å². The van der Waals surface area contributed by atoms with Gasteiger partial charge in [-0.3, -0.25) is 0 Å². The lowest BCUT2D eigenvalue weighted by Gasteiger charge is -2.02. The van der Waals surface area contributed by atoms with Crippen molar-refractivity contribution in [2.75, 3.05) is 59.1 Å². The van der Waals surface area contributed by atoms with Crippen LogP contribution in [0.4, 0.5) is 0 Å². The molecule has 0 saturated heterocycles. The minimum absolute atomic E-state index is 0.811. The van der Waals surface area contributed by atoms with Gasteiger partial charge in [-0.2, -0.15) is 47.0 Å². The summed E-state index contributed by atoms with van der Waals surface area (Å²) < 4.78 is 0. The van der Waals surface area contributed by atoms with Crippen molar-refractivity contribution in [1.82, 2.24) is 0 Å². The van der Waals surface area contributed by atoms with Crippen LogP contribution in [0.25, 0.3) is 0 Å². The van der Waals surface area contributed by atoms with Crippen molar-refractivity contribution in [1.29, 1.82) is 0 Å². The Hall–Kier alpha value is 1.32. The molecule has 0 aliphatic carbocycles. The molecule has 0 saturated carbocycles. The summed E-state index contributed by atoms with van der Waals surface area (Å²) in [7, 11) is 0. The lowest BCUT2D eigenvalue weighted by Crippen LogP contribution is -2.03. The Bertz CT molecular complexity index is 113. The number of hydrogen-bond acceptors (Lipinski definition) is 6. The molecule has 0 radical (unpaired) electrons. The van der Waals surface area contributed by atoms with Crippen molar-refractivity contribution in [2.24, 2.45) is 11.5 Å². The molecule has 0 unspecified atom stereocenters. The van der Waals surface area contributed by atoms with E-state index >= 15 is 0 Å². The number of hydrogen-bond donors (Lipinski definition) is 2. The fraction of sp³-hybridized carbons (Fsp3) is 1.00. The minimum atomic E-state index is 0.811. The quantitative estimate of drug-likeness (QED) is 0.506. The number of nitrogens with two attached hydrogens (primary N) is 2. The van der Waals surface area contributed by atoms with Crippen LogP contribution in [0.2, 0.25) is 0 Å². The van der Waals surface area contributed by atoms with Crippen molar-refractivity contribution >= 4 is 47.0 Å². The van der Waals surface area contributed by atoms with Gasteiger partial charge in [-0.1, -0.05) is 0 Å². The average Bonchev–Trinajstić information content (AvgIpc) is 2.31. The molecule has 0 heterocycles. The molecule has 0 aromatic heterocycles. The normalized spacial score (nSPS) is 10.9. The number of thioether (sulfide) groups is 4. The van der Waals surface area contributed by atoms with Crippen molar-refractivity contribution in [2.45, 2.75) is 0 Å². The summed E-state index contributed by atoms with van der Waals surface area (Å²) >= 11 is 8.05. The molecule has 0 rings (SSSR count). The smallest absolute Gasteiger partial charge is 0.00561 e. The van der Waals surface area contributed by atoms with E-state index in [9.17, 15) is 0 Å². The first-order valence-electron chi connectivity index (χ1n) is 5.63. The van der Waals surface area contributed by atoms with E-state index in [1.165, 1.54) is 34.5 Å². The van der Waals surface area contributed by atoms with Gasteiger partial charge in [-0.15, -0.1) is 0 Å². The summed E-state index contributed by atoms with van der Waals surface area (Å²) in [5.41, 5.74) is 10.8. The van der Waals surface area contributed by atoms with Crippen molar-refractivity contribution in [3.63, 3.8) is 0 Å². The molecular formula is C10H24N2S4. The highest BCUT2D eigenvalue weighted by atomic mass is 32.2. The second-order valence-electron chi connectivity index (χ2n) is 3.03. The Kier molecular flexibility index (Phi) is 17.7. The van der Waals surface area contributed by atoms with E-state index in [4.69, 9.17) is 11.5 Å². The van der Waals surface area contributed by atoms with Crippen molar-refractivity contribution in [3.8, 4) is 0 Å². The molecule has 0 bridgehead atoms. The fourth-order valence-electron chi connectivity index (χ4n) is 0.928. The van der Waals surface area contributed by atoms with Crippen LogP contribution in [0.3, 0.4) is 0 Å². The Morgan fingerprint density at radius 3 is 0.938 bits per heavy atom. The first-order valence-corrected chi connectivity index (χ1v) is 10.2. The molecule has 6 heteroatoms. The van der Waals surface area contributed by atoms with Crippen LogP contribution in [0.1, 0.15) is 0 Å². The Balaban J connectivity index is 2.83. The maximum absolute atomic E-state index is 5.42. The van der Waals surface area contributed by atoms with Gasteiger partial charge in [-0.25, -0.2) is 0 Å². The van der Waals surface area contributed by atoms with Gasteiger partial charge < -0.3 is 11.5 Å². The monoisotopic (exact) mass is 300 g/mol. The van der Waals surface area contributed by atoms with E-state index in [1.807, 2.05) is 23.5 Å². The van der Waals surface area contributed by atoms with E-state index in [0.717, 1.165) is 24.6 Å². The zero-order chi connectivity index (χ0) is 11.9. The van der Waals surface area contributed by atoms with Crippen LogP contribution in [-0.4, -0.2) is 59.1 Å². The molecule has 4 N–H and O–H groups in total. The predicted molar refractivity (Wildman–Crippen MR) is 87.4 cm³/mol. The highest BCUT2D eigenvalue weighted by molar-refractivity contribution is 8.05. The fourth-order valence-corrected chi connectivity index (χ4v) is 4.91. The van der Waals surface area contributed by atoms with Crippen LogP contribution in [-0.2, 0) is 0 Å². The van der Waals surface area contributed by atoms with Crippen LogP contribution in [0.15, 0.2) is 0 Å². The summed E-state index contributed by atoms with van der Waals surface area (Å²) in [4.78, 5) is 0. The molecular weight excluding hydrogens is 276 g/mol. The van der Waals surface area contributed by atoms with E-state index in [1.54, 1.807) is 0 Å². The zero-order valence-corrected chi connectivity index (χ0v) is 13.1. The van der Waals surface area contributed by atoms with Gasteiger partial charge >= 0.3 is 0 Å². The van der Waals surface area contributed by atoms with Crippen LogP contribution >= 0.6 is 47.0 Å². The third-order valence-corrected chi connectivity index (χ3v) is 6.42. The molecule has 0 atom stereocenters. The summed E-state index contributed by atoms with van der Waals surface area (Å²) in [6.45, 7) is 1.62. The molecule has 98 valence electrons. The molecule has 2 nitrogen and oxygen atoms in total. The molecule has 0 spiro atoms. The third-order valence-electron chi connectivity index (χ3n) is 1.64. The molecule has 0 amide bonds. The average molecular weight is 301 g/mol. The molecule has 0 aliphatic rings. The predicted octanol–water partition coefficient (Wildman–Crippen LogP) is 1.84. The lowest BCUT2D eigenvalue weighted by molar-refractivity contribution is 1.15. The van der Waals surface area contributed by atoms with Crippen molar-refractivity contribution in [3.05, 3.63) is 0 Å².